The fourth-order valence-electron chi connectivity index (χ4n) is 1.02. The Balaban J connectivity index is 2.32. The fraction of sp³-hybridized carbons (Fsp3) is 0.778. The van der Waals surface area contributed by atoms with Crippen molar-refractivity contribution in [3.05, 3.63) is 5.69 Å². The van der Waals surface area contributed by atoms with Crippen LogP contribution in [0.15, 0.2) is 0 Å². The average Bonchev–Trinajstić information content (AvgIpc) is 2.73. The lowest BCUT2D eigenvalue weighted by Crippen LogP contribution is -2.14. The van der Waals surface area contributed by atoms with Gasteiger partial charge < -0.3 is 15.5 Å². The van der Waals surface area contributed by atoms with Gasteiger partial charge in [0.25, 0.3) is 0 Å². The molecule has 0 bridgehead atoms. The smallest absolute Gasteiger partial charge is 0.134 e. The van der Waals surface area contributed by atoms with E-state index in [2.05, 4.69) is 21.8 Å². The maximum Gasteiger partial charge on any atom is 0.134 e. The Labute approximate surface area is 103 Å². The highest BCUT2D eigenvalue weighted by atomic mass is 32.2. The molecule has 3 N–H and O–H groups in total. The van der Waals surface area contributed by atoms with Crippen molar-refractivity contribution in [1.82, 2.24) is 9.59 Å². The molecule has 1 rings (SSSR count). The van der Waals surface area contributed by atoms with E-state index in [0.717, 1.165) is 23.7 Å². The second kappa shape index (κ2) is 7.83. The van der Waals surface area contributed by atoms with E-state index in [1.54, 1.807) is 11.8 Å². The maximum absolute atomic E-state index is 9.18. The number of aromatic nitrogens is 2. The molecule has 1 atom stereocenters. The van der Waals surface area contributed by atoms with E-state index < -0.39 is 6.10 Å². The van der Waals surface area contributed by atoms with Crippen molar-refractivity contribution in [3.63, 3.8) is 0 Å². The van der Waals surface area contributed by atoms with Crippen LogP contribution in [0.4, 0.5) is 5.00 Å². The van der Waals surface area contributed by atoms with Gasteiger partial charge in [-0.05, 0) is 6.42 Å². The number of rotatable bonds is 8. The summed E-state index contributed by atoms with van der Waals surface area (Å²) in [6.45, 7) is 2.83. The Bertz CT molecular complexity index is 296. The normalized spacial score (nSPS) is 12.7. The zero-order valence-corrected chi connectivity index (χ0v) is 10.9. The third kappa shape index (κ3) is 4.65. The van der Waals surface area contributed by atoms with Gasteiger partial charge in [0, 0.05) is 29.6 Å². The first-order valence-electron chi connectivity index (χ1n) is 5.19. The van der Waals surface area contributed by atoms with Gasteiger partial charge in [0.1, 0.15) is 10.7 Å². The van der Waals surface area contributed by atoms with Crippen LogP contribution < -0.4 is 5.32 Å². The minimum Gasteiger partial charge on any atom is -0.394 e. The molecule has 0 saturated heterocycles. The first-order valence-corrected chi connectivity index (χ1v) is 7.12. The number of thioether (sulfide) groups is 1. The molecule has 1 unspecified atom stereocenters. The molecule has 0 aliphatic heterocycles. The van der Waals surface area contributed by atoms with Crippen LogP contribution in [-0.4, -0.2) is 44.8 Å². The highest BCUT2D eigenvalue weighted by Crippen LogP contribution is 2.22. The molecular formula is C9H17N3O2S2. The molecule has 0 aliphatic rings. The number of hydrogen-bond donors (Lipinski definition) is 3. The van der Waals surface area contributed by atoms with Gasteiger partial charge in [-0.2, -0.15) is 11.8 Å². The van der Waals surface area contributed by atoms with E-state index in [4.69, 9.17) is 5.11 Å². The molecule has 0 fully saturated rings. The highest BCUT2D eigenvalue weighted by molar-refractivity contribution is 7.98. The molecule has 7 heteroatoms. The molecule has 92 valence electrons. The van der Waals surface area contributed by atoms with Crippen molar-refractivity contribution >= 4 is 28.3 Å². The van der Waals surface area contributed by atoms with Gasteiger partial charge in [-0.15, -0.1) is 5.10 Å². The van der Waals surface area contributed by atoms with Gasteiger partial charge in [0.2, 0.25) is 0 Å². The predicted molar refractivity (Wildman–Crippen MR) is 67.9 cm³/mol. The van der Waals surface area contributed by atoms with Crippen LogP contribution in [0.25, 0.3) is 0 Å². The first kappa shape index (κ1) is 13.7. The van der Waals surface area contributed by atoms with Gasteiger partial charge >= 0.3 is 0 Å². The molecule has 1 aromatic rings. The third-order valence-electron chi connectivity index (χ3n) is 1.85. The number of anilines is 1. The van der Waals surface area contributed by atoms with E-state index in [0.29, 0.717) is 11.5 Å². The molecule has 5 nitrogen and oxygen atoms in total. The van der Waals surface area contributed by atoms with Crippen LogP contribution in [-0.2, 0) is 5.75 Å². The molecule has 0 aliphatic carbocycles. The van der Waals surface area contributed by atoms with Gasteiger partial charge in [-0.1, -0.05) is 11.4 Å². The van der Waals surface area contributed by atoms with Crippen LogP contribution in [0, 0.1) is 0 Å². The van der Waals surface area contributed by atoms with Crippen LogP contribution in [0.3, 0.4) is 0 Å². The minimum atomic E-state index is -0.649. The lowest BCUT2D eigenvalue weighted by Gasteiger charge is -2.06. The number of nitrogens with zero attached hydrogens (tertiary/aromatic N) is 2. The summed E-state index contributed by atoms with van der Waals surface area (Å²) in [5.41, 5.74) is 0.925. The summed E-state index contributed by atoms with van der Waals surface area (Å²) in [6.07, 6.45) is 0.414. The maximum atomic E-state index is 9.18. The Morgan fingerprint density at radius 3 is 3.06 bits per heavy atom. The summed E-state index contributed by atoms with van der Waals surface area (Å²) in [7, 11) is 0. The number of hydrogen-bond acceptors (Lipinski definition) is 7. The Kier molecular flexibility index (Phi) is 6.70. The molecule has 16 heavy (non-hydrogen) atoms. The van der Waals surface area contributed by atoms with E-state index >= 15 is 0 Å². The van der Waals surface area contributed by atoms with Gasteiger partial charge in [-0.3, -0.25) is 0 Å². The number of nitrogens with one attached hydrogen (secondary N) is 1. The monoisotopic (exact) mass is 263 g/mol. The standard InChI is InChI=1S/C9H17N3O2S2/c1-2-3-10-9-8(11-12-16-9)6-15-5-7(14)4-13/h7,10,13-14H,2-6H2,1H3. The van der Waals surface area contributed by atoms with E-state index in [1.807, 2.05) is 0 Å². The van der Waals surface area contributed by atoms with Crippen molar-refractivity contribution in [3.8, 4) is 0 Å². The second-order valence-electron chi connectivity index (χ2n) is 3.33. The van der Waals surface area contributed by atoms with Crippen molar-refractivity contribution in [1.29, 1.82) is 0 Å². The van der Waals surface area contributed by atoms with Gasteiger partial charge in [-0.25, -0.2) is 0 Å². The predicted octanol–water partition coefficient (Wildman–Crippen LogP) is 0.946. The molecule has 0 spiro atoms. The molecular weight excluding hydrogens is 246 g/mol. The topological polar surface area (TPSA) is 78.3 Å². The molecule has 0 amide bonds. The molecule has 0 saturated carbocycles. The molecule has 0 radical (unpaired) electrons. The summed E-state index contributed by atoms with van der Waals surface area (Å²) in [5, 5.41) is 26.1. The summed E-state index contributed by atoms with van der Waals surface area (Å²) < 4.78 is 3.90. The largest absolute Gasteiger partial charge is 0.394 e. The first-order chi connectivity index (χ1) is 7.77. The van der Waals surface area contributed by atoms with Crippen molar-refractivity contribution in [2.75, 3.05) is 24.2 Å². The van der Waals surface area contributed by atoms with Crippen LogP contribution in [0.5, 0.6) is 0 Å². The summed E-state index contributed by atoms with van der Waals surface area (Å²) >= 11 is 2.90. The molecule has 1 aromatic heterocycles. The van der Waals surface area contributed by atoms with Gasteiger partial charge in [0.05, 0.1) is 12.7 Å². The minimum absolute atomic E-state index is 0.191. The quantitative estimate of drug-likeness (QED) is 0.648. The fourth-order valence-corrected chi connectivity index (χ4v) is 2.61. The van der Waals surface area contributed by atoms with Crippen molar-refractivity contribution in [2.24, 2.45) is 0 Å². The average molecular weight is 263 g/mol. The van der Waals surface area contributed by atoms with E-state index in [-0.39, 0.29) is 6.61 Å². The third-order valence-corrected chi connectivity index (χ3v) is 3.67. The SMILES string of the molecule is CCCNc1snnc1CSCC(O)CO. The van der Waals surface area contributed by atoms with Crippen molar-refractivity contribution in [2.45, 2.75) is 25.2 Å². The summed E-state index contributed by atoms with van der Waals surface area (Å²) in [4.78, 5) is 0. The lowest BCUT2D eigenvalue weighted by atomic mass is 10.4. The van der Waals surface area contributed by atoms with E-state index in [1.165, 1.54) is 11.5 Å². The van der Waals surface area contributed by atoms with Crippen LogP contribution in [0.2, 0.25) is 0 Å². The Morgan fingerprint density at radius 1 is 1.56 bits per heavy atom. The number of aliphatic hydroxyl groups is 2. The van der Waals surface area contributed by atoms with Crippen LogP contribution >= 0.6 is 23.3 Å². The number of aliphatic hydroxyl groups excluding tert-OH is 2. The zero-order chi connectivity index (χ0) is 11.8. The molecule has 1 heterocycles. The molecule has 0 aromatic carbocycles. The van der Waals surface area contributed by atoms with Crippen molar-refractivity contribution < 1.29 is 10.2 Å². The summed E-state index contributed by atoms with van der Waals surface area (Å²) in [5.74, 6) is 1.22. The van der Waals surface area contributed by atoms with E-state index in [9.17, 15) is 5.11 Å². The Morgan fingerprint density at radius 2 is 2.38 bits per heavy atom. The second-order valence-corrected chi connectivity index (χ2v) is 5.11. The zero-order valence-electron chi connectivity index (χ0n) is 9.22. The lowest BCUT2D eigenvalue weighted by molar-refractivity contribution is 0.113. The summed E-state index contributed by atoms with van der Waals surface area (Å²) in [6, 6.07) is 0. The van der Waals surface area contributed by atoms with Crippen LogP contribution in [0.1, 0.15) is 19.0 Å². The van der Waals surface area contributed by atoms with Gasteiger partial charge in [0.15, 0.2) is 0 Å². The highest BCUT2D eigenvalue weighted by Gasteiger charge is 2.08. The Hall–Kier alpha value is -0.370.